The first kappa shape index (κ1) is 22.5. The van der Waals surface area contributed by atoms with Crippen molar-refractivity contribution in [2.45, 2.75) is 32.5 Å². The Balaban J connectivity index is 1.34. The van der Waals surface area contributed by atoms with Crippen LogP contribution < -0.4 is 20.3 Å². The first-order valence-corrected chi connectivity index (χ1v) is 11.2. The Kier molecular flexibility index (Phi) is 7.68. The molecule has 2 N–H and O–H groups in total. The van der Waals surface area contributed by atoms with E-state index in [0.29, 0.717) is 25.5 Å². The molecule has 0 radical (unpaired) electrons. The van der Waals surface area contributed by atoms with Crippen LogP contribution in [0.1, 0.15) is 24.6 Å². The molecule has 8 heteroatoms. The van der Waals surface area contributed by atoms with Gasteiger partial charge in [-0.25, -0.2) is 14.4 Å². The number of nitrogens with one attached hydrogen (secondary N) is 2. The van der Waals surface area contributed by atoms with E-state index >= 15 is 0 Å². The number of nitrogens with zero attached hydrogens (tertiary/aromatic N) is 4. The van der Waals surface area contributed by atoms with Crippen LogP contribution in [0.5, 0.6) is 5.75 Å². The second kappa shape index (κ2) is 11.3. The van der Waals surface area contributed by atoms with Gasteiger partial charge in [0.2, 0.25) is 0 Å². The van der Waals surface area contributed by atoms with Crippen LogP contribution in [0.4, 0.5) is 10.2 Å². The van der Waals surface area contributed by atoms with Gasteiger partial charge < -0.3 is 20.3 Å². The van der Waals surface area contributed by atoms with Crippen molar-refractivity contribution in [1.82, 2.24) is 20.6 Å². The Labute approximate surface area is 193 Å². The van der Waals surface area contributed by atoms with Gasteiger partial charge in [-0.05, 0) is 55.3 Å². The molecule has 3 aromatic rings. The maximum atomic E-state index is 14.1. The number of guanidine groups is 1. The maximum Gasteiger partial charge on any atom is 0.191 e. The van der Waals surface area contributed by atoms with Crippen molar-refractivity contribution in [3.05, 3.63) is 84.1 Å². The van der Waals surface area contributed by atoms with Crippen LogP contribution in [0, 0.1) is 5.82 Å². The zero-order valence-electron chi connectivity index (χ0n) is 18.7. The summed E-state index contributed by atoms with van der Waals surface area (Å²) in [5.41, 5.74) is 1.94. The fourth-order valence-electron chi connectivity index (χ4n) is 3.74. The summed E-state index contributed by atoms with van der Waals surface area (Å²) in [5, 5.41) is 6.77. The van der Waals surface area contributed by atoms with Gasteiger partial charge in [0.1, 0.15) is 12.4 Å². The molecular weight excluding hydrogens is 419 g/mol. The van der Waals surface area contributed by atoms with Gasteiger partial charge in [0.15, 0.2) is 17.6 Å². The number of aromatic nitrogens is 2. The molecule has 4 rings (SSSR count). The molecule has 0 aliphatic carbocycles. The summed E-state index contributed by atoms with van der Waals surface area (Å²) in [6, 6.07) is 16.9. The molecule has 1 saturated heterocycles. The van der Waals surface area contributed by atoms with E-state index < -0.39 is 0 Å². The lowest BCUT2D eigenvalue weighted by molar-refractivity contribution is 0.301. The molecule has 2 aromatic heterocycles. The predicted molar refractivity (Wildman–Crippen MR) is 128 cm³/mol. The van der Waals surface area contributed by atoms with Gasteiger partial charge in [-0.2, -0.15) is 0 Å². The van der Waals surface area contributed by atoms with Crippen LogP contribution >= 0.6 is 0 Å². The van der Waals surface area contributed by atoms with E-state index in [2.05, 4.69) is 20.6 Å². The minimum atomic E-state index is -0.288. The third kappa shape index (κ3) is 6.41. The van der Waals surface area contributed by atoms with Crippen LogP contribution in [0.15, 0.2) is 72.0 Å². The number of rotatable bonds is 8. The third-order valence-corrected chi connectivity index (χ3v) is 5.34. The minimum Gasteiger partial charge on any atom is -0.487 e. The number of ether oxygens (including phenoxy) is 1. The Morgan fingerprint density at radius 3 is 2.88 bits per heavy atom. The normalized spacial score (nSPS) is 16.0. The fraction of sp³-hybridized carbons (Fsp3) is 0.320. The van der Waals surface area contributed by atoms with Crippen LogP contribution in [-0.2, 0) is 13.2 Å². The van der Waals surface area contributed by atoms with Gasteiger partial charge in [-0.3, -0.25) is 4.98 Å². The number of pyridine rings is 2. The van der Waals surface area contributed by atoms with Crippen molar-refractivity contribution in [2.24, 2.45) is 4.99 Å². The molecule has 172 valence electrons. The molecule has 7 nitrogen and oxygen atoms in total. The van der Waals surface area contributed by atoms with E-state index in [-0.39, 0.29) is 11.9 Å². The quantitative estimate of drug-likeness (QED) is 0.406. The summed E-state index contributed by atoms with van der Waals surface area (Å²) in [6.07, 6.45) is 4.27. The van der Waals surface area contributed by atoms with E-state index in [1.807, 2.05) is 54.3 Å². The van der Waals surface area contributed by atoms with E-state index in [1.165, 1.54) is 6.07 Å². The number of aliphatic imine (C=N–C) groups is 1. The summed E-state index contributed by atoms with van der Waals surface area (Å²) >= 11 is 0. The Morgan fingerprint density at radius 2 is 2.06 bits per heavy atom. The van der Waals surface area contributed by atoms with Crippen LogP contribution in [0.25, 0.3) is 0 Å². The average Bonchev–Trinajstić information content (AvgIpc) is 3.31. The highest BCUT2D eigenvalue weighted by molar-refractivity contribution is 5.80. The van der Waals surface area contributed by atoms with Crippen molar-refractivity contribution in [1.29, 1.82) is 0 Å². The van der Waals surface area contributed by atoms with Crippen molar-refractivity contribution in [2.75, 3.05) is 24.5 Å². The van der Waals surface area contributed by atoms with Gasteiger partial charge in [0.25, 0.3) is 0 Å². The highest BCUT2D eigenvalue weighted by Gasteiger charge is 2.25. The molecule has 1 unspecified atom stereocenters. The Hall–Kier alpha value is -3.68. The molecule has 0 saturated carbocycles. The van der Waals surface area contributed by atoms with Crippen LogP contribution in [-0.4, -0.2) is 41.6 Å². The number of halogens is 1. The predicted octanol–water partition coefficient (Wildman–Crippen LogP) is 3.53. The summed E-state index contributed by atoms with van der Waals surface area (Å²) in [7, 11) is 0. The highest BCUT2D eigenvalue weighted by Crippen LogP contribution is 2.21. The first-order chi connectivity index (χ1) is 16.2. The monoisotopic (exact) mass is 448 g/mol. The smallest absolute Gasteiger partial charge is 0.191 e. The summed E-state index contributed by atoms with van der Waals surface area (Å²) in [4.78, 5) is 15.2. The molecule has 1 aliphatic heterocycles. The molecule has 1 aliphatic rings. The zero-order valence-corrected chi connectivity index (χ0v) is 18.7. The Bertz CT molecular complexity index is 1060. The second-order valence-electron chi connectivity index (χ2n) is 7.84. The first-order valence-electron chi connectivity index (χ1n) is 11.2. The van der Waals surface area contributed by atoms with Crippen molar-refractivity contribution in [3.63, 3.8) is 0 Å². The standard InChI is InChI=1S/C25H29FN6O/c1-2-27-25(31-20-11-14-32(17-20)24-23(26)10-6-13-29-24)30-16-19-7-5-9-22(15-19)33-18-21-8-3-4-12-28-21/h3-10,12-13,15,20H,2,11,14,16-18H2,1H3,(H2,27,30,31). The van der Waals surface area contributed by atoms with Crippen LogP contribution in [0.2, 0.25) is 0 Å². The molecule has 1 aromatic carbocycles. The lowest BCUT2D eigenvalue weighted by Crippen LogP contribution is -2.44. The molecular formula is C25H29FN6O. The van der Waals surface area contributed by atoms with E-state index in [1.54, 1.807) is 18.5 Å². The third-order valence-electron chi connectivity index (χ3n) is 5.34. The molecule has 3 heterocycles. The molecule has 0 spiro atoms. The highest BCUT2D eigenvalue weighted by atomic mass is 19.1. The second-order valence-corrected chi connectivity index (χ2v) is 7.84. The number of hydrogen-bond acceptors (Lipinski definition) is 5. The van der Waals surface area contributed by atoms with Crippen molar-refractivity contribution < 1.29 is 9.13 Å². The maximum absolute atomic E-state index is 14.1. The van der Waals surface area contributed by atoms with Gasteiger partial charge >= 0.3 is 0 Å². The zero-order chi connectivity index (χ0) is 22.9. The van der Waals surface area contributed by atoms with E-state index in [0.717, 1.165) is 42.5 Å². The molecule has 0 bridgehead atoms. The van der Waals surface area contributed by atoms with E-state index in [4.69, 9.17) is 9.73 Å². The molecule has 33 heavy (non-hydrogen) atoms. The topological polar surface area (TPSA) is 74.7 Å². The lowest BCUT2D eigenvalue weighted by Gasteiger charge is -2.20. The molecule has 0 amide bonds. The van der Waals surface area contributed by atoms with Gasteiger partial charge in [0, 0.05) is 38.1 Å². The molecule has 1 fully saturated rings. The number of benzene rings is 1. The Morgan fingerprint density at radius 1 is 1.15 bits per heavy atom. The molecule has 1 atom stereocenters. The number of anilines is 1. The fourth-order valence-corrected chi connectivity index (χ4v) is 3.74. The van der Waals surface area contributed by atoms with Gasteiger partial charge in [0.05, 0.1) is 12.2 Å². The summed E-state index contributed by atoms with van der Waals surface area (Å²) < 4.78 is 19.9. The lowest BCUT2D eigenvalue weighted by atomic mass is 10.2. The SMILES string of the molecule is CCNC(=NCc1cccc(OCc2ccccn2)c1)NC1CCN(c2ncccc2F)C1. The number of hydrogen-bond donors (Lipinski definition) is 2. The van der Waals surface area contributed by atoms with Gasteiger partial charge in [-0.1, -0.05) is 18.2 Å². The van der Waals surface area contributed by atoms with Crippen molar-refractivity contribution in [3.8, 4) is 5.75 Å². The van der Waals surface area contributed by atoms with Crippen LogP contribution in [0.3, 0.4) is 0 Å². The minimum absolute atomic E-state index is 0.164. The van der Waals surface area contributed by atoms with Gasteiger partial charge in [-0.15, -0.1) is 0 Å². The van der Waals surface area contributed by atoms with E-state index in [9.17, 15) is 4.39 Å². The average molecular weight is 449 g/mol. The summed E-state index contributed by atoms with van der Waals surface area (Å²) in [5.74, 6) is 1.65. The van der Waals surface area contributed by atoms with Crippen molar-refractivity contribution >= 4 is 11.8 Å². The largest absolute Gasteiger partial charge is 0.487 e. The summed E-state index contributed by atoms with van der Waals surface area (Å²) in [6.45, 7) is 5.15.